The molecule has 0 bridgehead atoms. The number of nitrogens with zero attached hydrogens (tertiary/aromatic N) is 2. The number of ether oxygens (including phenoxy) is 2. The highest BCUT2D eigenvalue weighted by Crippen LogP contribution is 2.30. The number of carboxylic acid groups (broad SMARTS) is 1. The fraction of sp³-hybridized carbons (Fsp3) is 0.538. The van der Waals surface area contributed by atoms with E-state index in [1.165, 1.54) is 4.90 Å². The second kappa shape index (κ2) is 10.9. The third kappa shape index (κ3) is 6.16. The number of thiophene rings is 1. The van der Waals surface area contributed by atoms with Crippen LogP contribution < -0.4 is 10.1 Å². The molecule has 9 nitrogen and oxygen atoms in total. The van der Waals surface area contributed by atoms with Crippen LogP contribution in [0.3, 0.4) is 0 Å². The first-order valence-corrected chi connectivity index (χ1v) is 13.2. The highest BCUT2D eigenvalue weighted by molar-refractivity contribution is 7.08. The lowest BCUT2D eigenvalue weighted by molar-refractivity contribution is -0.150. The molecule has 3 heterocycles. The van der Waals surface area contributed by atoms with Gasteiger partial charge in [0.25, 0.3) is 0 Å². The van der Waals surface area contributed by atoms with Crippen molar-refractivity contribution in [1.29, 1.82) is 0 Å². The normalized spacial score (nSPS) is 21.2. The average Bonchev–Trinajstić information content (AvgIpc) is 3.58. The van der Waals surface area contributed by atoms with Crippen molar-refractivity contribution in [1.82, 2.24) is 15.2 Å². The van der Waals surface area contributed by atoms with Crippen LogP contribution in [0.1, 0.15) is 52.9 Å². The predicted molar refractivity (Wildman–Crippen MR) is 135 cm³/mol. The first-order valence-electron chi connectivity index (χ1n) is 12.3. The molecule has 0 radical (unpaired) electrons. The standard InChI is InChI=1S/C26H33N3O6S/c1-26(2,3)22(28-25(33)35-17-6-4-5-7-17)23(30)29-14-19(13-21(29)24(31)32)34-18-8-10-27-20(12-18)16-9-11-36-15-16/h8-12,15,17,19,21-22H,4-7,13-14H2,1-3H3,(H,28,33)(H,31,32). The van der Waals surface area contributed by atoms with Crippen LogP contribution in [-0.4, -0.2) is 63.8 Å². The van der Waals surface area contributed by atoms with Crippen molar-refractivity contribution in [3.63, 3.8) is 0 Å². The molecule has 0 aromatic carbocycles. The third-order valence-corrected chi connectivity index (χ3v) is 7.32. The Bertz CT molecular complexity index is 1080. The predicted octanol–water partition coefficient (Wildman–Crippen LogP) is 4.33. The van der Waals surface area contributed by atoms with E-state index in [2.05, 4.69) is 10.3 Å². The minimum atomic E-state index is -1.11. The number of nitrogens with one attached hydrogen (secondary N) is 1. The number of carbonyl (C=O) groups excluding carboxylic acids is 2. The maximum Gasteiger partial charge on any atom is 0.408 e. The molecule has 2 N–H and O–H groups in total. The molecule has 1 aliphatic carbocycles. The van der Waals surface area contributed by atoms with Gasteiger partial charge in [-0.2, -0.15) is 11.3 Å². The number of rotatable bonds is 7. The van der Waals surface area contributed by atoms with Gasteiger partial charge >= 0.3 is 12.1 Å². The van der Waals surface area contributed by atoms with Crippen LogP contribution in [-0.2, 0) is 14.3 Å². The number of likely N-dealkylation sites (tertiary alicyclic amines) is 1. The summed E-state index contributed by atoms with van der Waals surface area (Å²) in [5, 5.41) is 16.5. The van der Waals surface area contributed by atoms with Crippen LogP contribution in [0.2, 0.25) is 0 Å². The van der Waals surface area contributed by atoms with E-state index in [0.717, 1.165) is 36.9 Å². The van der Waals surface area contributed by atoms with Crippen LogP contribution in [0.25, 0.3) is 11.3 Å². The fourth-order valence-corrected chi connectivity index (χ4v) is 5.38. The summed E-state index contributed by atoms with van der Waals surface area (Å²) in [7, 11) is 0. The second-order valence-corrected chi connectivity index (χ2v) is 11.2. The number of aromatic nitrogens is 1. The zero-order valence-corrected chi connectivity index (χ0v) is 21.6. The summed E-state index contributed by atoms with van der Waals surface area (Å²) in [6, 6.07) is 3.48. The number of amides is 2. The smallest absolute Gasteiger partial charge is 0.408 e. The molecule has 1 saturated heterocycles. The van der Waals surface area contributed by atoms with E-state index >= 15 is 0 Å². The van der Waals surface area contributed by atoms with Gasteiger partial charge in [-0.3, -0.25) is 9.78 Å². The van der Waals surface area contributed by atoms with E-state index in [1.807, 2.05) is 37.6 Å². The molecular weight excluding hydrogens is 482 g/mol. The molecule has 2 amide bonds. The van der Waals surface area contributed by atoms with Gasteiger partial charge in [0.1, 0.15) is 30.0 Å². The lowest BCUT2D eigenvalue weighted by atomic mass is 9.85. The molecule has 1 aliphatic heterocycles. The molecule has 2 fully saturated rings. The van der Waals surface area contributed by atoms with E-state index in [4.69, 9.17) is 9.47 Å². The highest BCUT2D eigenvalue weighted by atomic mass is 32.1. The van der Waals surface area contributed by atoms with Gasteiger partial charge in [-0.1, -0.05) is 20.8 Å². The zero-order chi connectivity index (χ0) is 25.9. The molecule has 10 heteroatoms. The highest BCUT2D eigenvalue weighted by Gasteiger charge is 2.46. The number of alkyl carbamates (subject to hydrolysis) is 1. The quantitative estimate of drug-likeness (QED) is 0.564. The van der Waals surface area contributed by atoms with Crippen LogP contribution in [0.5, 0.6) is 5.75 Å². The van der Waals surface area contributed by atoms with Crippen LogP contribution in [0.15, 0.2) is 35.2 Å². The Morgan fingerprint density at radius 1 is 1.19 bits per heavy atom. The van der Waals surface area contributed by atoms with Gasteiger partial charge < -0.3 is 24.8 Å². The Balaban J connectivity index is 1.47. The monoisotopic (exact) mass is 515 g/mol. The third-order valence-electron chi connectivity index (χ3n) is 6.63. The maximum atomic E-state index is 13.6. The van der Waals surface area contributed by atoms with Gasteiger partial charge in [0.05, 0.1) is 12.2 Å². The average molecular weight is 516 g/mol. The number of aliphatic carboxylic acids is 1. The number of pyridine rings is 1. The second-order valence-electron chi connectivity index (χ2n) is 10.5. The van der Waals surface area contributed by atoms with Crippen molar-refractivity contribution in [2.24, 2.45) is 5.41 Å². The molecule has 4 rings (SSSR count). The largest absolute Gasteiger partial charge is 0.488 e. The summed E-state index contributed by atoms with van der Waals surface area (Å²) < 4.78 is 11.6. The topological polar surface area (TPSA) is 118 Å². The van der Waals surface area contributed by atoms with Crippen molar-refractivity contribution in [3.05, 3.63) is 35.2 Å². The Morgan fingerprint density at radius 3 is 2.58 bits per heavy atom. The van der Waals surface area contributed by atoms with Crippen molar-refractivity contribution < 1.29 is 29.0 Å². The maximum absolute atomic E-state index is 13.6. The lowest BCUT2D eigenvalue weighted by Crippen LogP contribution is -2.57. The molecule has 1 saturated carbocycles. The Morgan fingerprint density at radius 2 is 1.94 bits per heavy atom. The van der Waals surface area contributed by atoms with Gasteiger partial charge in [0.15, 0.2) is 0 Å². The Hall–Kier alpha value is -3.14. The summed E-state index contributed by atoms with van der Waals surface area (Å²) in [6.07, 6.45) is 4.14. The number of hydrogen-bond donors (Lipinski definition) is 2. The lowest BCUT2D eigenvalue weighted by Gasteiger charge is -2.34. The molecule has 2 aliphatic rings. The number of hydrogen-bond acceptors (Lipinski definition) is 7. The molecular formula is C26H33N3O6S. The first-order chi connectivity index (χ1) is 17.1. The van der Waals surface area contributed by atoms with Gasteiger partial charge in [-0.25, -0.2) is 9.59 Å². The van der Waals surface area contributed by atoms with Crippen LogP contribution >= 0.6 is 11.3 Å². The van der Waals surface area contributed by atoms with E-state index in [0.29, 0.717) is 5.75 Å². The van der Waals surface area contributed by atoms with E-state index in [-0.39, 0.29) is 19.1 Å². The minimum Gasteiger partial charge on any atom is -0.488 e. The minimum absolute atomic E-state index is 0.0951. The van der Waals surface area contributed by atoms with Gasteiger partial charge in [-0.15, -0.1) is 0 Å². The van der Waals surface area contributed by atoms with E-state index < -0.39 is 41.6 Å². The molecule has 194 valence electrons. The Kier molecular flexibility index (Phi) is 7.82. The molecule has 0 spiro atoms. The summed E-state index contributed by atoms with van der Waals surface area (Å²) in [4.78, 5) is 43.9. The van der Waals surface area contributed by atoms with Crippen molar-refractivity contribution >= 4 is 29.3 Å². The summed E-state index contributed by atoms with van der Waals surface area (Å²) in [5.41, 5.74) is 1.07. The van der Waals surface area contributed by atoms with Crippen molar-refractivity contribution in [3.8, 4) is 17.0 Å². The number of carbonyl (C=O) groups is 3. The van der Waals surface area contributed by atoms with Crippen molar-refractivity contribution in [2.45, 2.75) is 77.2 Å². The first kappa shape index (κ1) is 25.9. The van der Waals surface area contributed by atoms with Gasteiger partial charge in [0, 0.05) is 29.6 Å². The summed E-state index contributed by atoms with van der Waals surface area (Å²) in [5.74, 6) is -1.01. The van der Waals surface area contributed by atoms with Crippen molar-refractivity contribution in [2.75, 3.05) is 6.54 Å². The molecule has 3 unspecified atom stereocenters. The summed E-state index contributed by atoms with van der Waals surface area (Å²) >= 11 is 1.57. The number of carboxylic acids is 1. The van der Waals surface area contributed by atoms with Crippen LogP contribution in [0, 0.1) is 5.41 Å². The van der Waals surface area contributed by atoms with Gasteiger partial charge in [0.2, 0.25) is 5.91 Å². The molecule has 2 aromatic heterocycles. The Labute approximate surface area is 214 Å². The summed E-state index contributed by atoms with van der Waals surface area (Å²) in [6.45, 7) is 5.58. The van der Waals surface area contributed by atoms with Crippen LogP contribution in [0.4, 0.5) is 4.79 Å². The zero-order valence-electron chi connectivity index (χ0n) is 20.8. The molecule has 3 atom stereocenters. The molecule has 36 heavy (non-hydrogen) atoms. The van der Waals surface area contributed by atoms with E-state index in [9.17, 15) is 19.5 Å². The fourth-order valence-electron chi connectivity index (χ4n) is 4.73. The molecule has 2 aromatic rings. The van der Waals surface area contributed by atoms with Gasteiger partial charge in [-0.05, 0) is 48.6 Å². The SMILES string of the molecule is CC(C)(C)C(NC(=O)OC1CCCC1)C(=O)N1CC(Oc2ccnc(-c3ccsc3)c2)CC1C(=O)O. The van der Waals surface area contributed by atoms with E-state index in [1.54, 1.807) is 29.7 Å².